The Labute approximate surface area is 241 Å². The smallest absolute Gasteiger partial charge is 0.340 e. The van der Waals surface area contributed by atoms with Crippen LogP contribution in [-0.4, -0.2) is 28.8 Å². The third kappa shape index (κ3) is 7.35. The monoisotopic (exact) mass is 556 g/mol. The first-order valence-electron chi connectivity index (χ1n) is 13.9. The van der Waals surface area contributed by atoms with Gasteiger partial charge in [0.2, 0.25) is 0 Å². The summed E-state index contributed by atoms with van der Waals surface area (Å²) in [6.07, 6.45) is 0. The Morgan fingerprint density at radius 2 is 1.68 bits per heavy atom. The van der Waals surface area contributed by atoms with Gasteiger partial charge in [-0.3, -0.25) is 4.79 Å². The second kappa shape index (κ2) is 11.4. The molecule has 1 aromatic heterocycles. The predicted molar refractivity (Wildman–Crippen MR) is 166 cm³/mol. The molecule has 0 fully saturated rings. The van der Waals surface area contributed by atoms with Crippen molar-refractivity contribution < 1.29 is 19.1 Å². The predicted octanol–water partition coefficient (Wildman–Crippen LogP) is 7.39. The Bertz CT molecular complexity index is 1640. The van der Waals surface area contributed by atoms with Crippen molar-refractivity contribution in [2.75, 3.05) is 17.2 Å². The molecule has 1 heterocycles. The number of hydrogen-bond acceptors (Lipinski definition) is 7. The van der Waals surface area contributed by atoms with E-state index in [1.165, 1.54) is 6.07 Å². The molecule has 3 aromatic carbocycles. The highest BCUT2D eigenvalue weighted by atomic mass is 16.6. The van der Waals surface area contributed by atoms with Crippen molar-refractivity contribution in [1.82, 2.24) is 0 Å². The van der Waals surface area contributed by atoms with Crippen LogP contribution in [0.25, 0.3) is 22.3 Å². The number of esters is 1. The summed E-state index contributed by atoms with van der Waals surface area (Å²) in [4.78, 5) is 26.2. The lowest BCUT2D eigenvalue weighted by molar-refractivity contribution is 0.00705. The van der Waals surface area contributed by atoms with Crippen LogP contribution in [0.1, 0.15) is 74.6 Å². The van der Waals surface area contributed by atoms with Gasteiger partial charge in [-0.15, -0.1) is 0 Å². The molecular formula is C34H40N2O5. The summed E-state index contributed by atoms with van der Waals surface area (Å²) in [5.74, 6) is 0.0534. The van der Waals surface area contributed by atoms with Crippen molar-refractivity contribution >= 4 is 28.3 Å². The topological polar surface area (TPSA) is 101 Å². The Balaban J connectivity index is 1.72. The van der Waals surface area contributed by atoms with Crippen LogP contribution in [0, 0.1) is 13.8 Å². The zero-order chi connectivity index (χ0) is 30.1. The molecule has 0 aliphatic heterocycles. The van der Waals surface area contributed by atoms with Crippen molar-refractivity contribution in [3.63, 3.8) is 0 Å². The highest BCUT2D eigenvalue weighted by Crippen LogP contribution is 2.32. The van der Waals surface area contributed by atoms with Gasteiger partial charge in [0.05, 0.1) is 22.6 Å². The summed E-state index contributed by atoms with van der Waals surface area (Å²) in [6, 6.07) is 18.1. The van der Waals surface area contributed by atoms with Gasteiger partial charge in [-0.05, 0) is 103 Å². The van der Waals surface area contributed by atoms with Gasteiger partial charge in [-0.1, -0.05) is 18.2 Å². The quantitative estimate of drug-likeness (QED) is 0.195. The fourth-order valence-electron chi connectivity index (χ4n) is 4.66. The number of carbonyl (C=O) groups is 1. The maximum absolute atomic E-state index is 13.3. The number of hydrogen-bond donors (Lipinski definition) is 3. The van der Waals surface area contributed by atoms with Crippen LogP contribution >= 0.6 is 0 Å². The minimum atomic E-state index is -0.844. The first-order valence-corrected chi connectivity index (χ1v) is 13.9. The molecule has 3 N–H and O–H groups in total. The second-order valence-corrected chi connectivity index (χ2v) is 12.3. The van der Waals surface area contributed by atoms with Gasteiger partial charge in [0.25, 0.3) is 0 Å². The lowest BCUT2D eigenvalue weighted by Crippen LogP contribution is -2.29. The molecule has 0 amide bonds. The van der Waals surface area contributed by atoms with E-state index < -0.39 is 17.2 Å². The fraction of sp³-hybridized carbons (Fsp3) is 0.353. The Morgan fingerprint density at radius 1 is 0.976 bits per heavy atom. The molecular weight excluding hydrogens is 516 g/mol. The number of para-hydroxylation sites is 1. The van der Waals surface area contributed by atoms with E-state index in [1.807, 2.05) is 84.0 Å². The number of aliphatic hydroxyl groups is 1. The molecule has 0 saturated carbocycles. The van der Waals surface area contributed by atoms with Crippen LogP contribution < -0.4 is 16.1 Å². The minimum absolute atomic E-state index is 0.130. The average molecular weight is 557 g/mol. The highest BCUT2D eigenvalue weighted by Gasteiger charge is 2.22. The molecule has 216 valence electrons. The maximum atomic E-state index is 13.3. The first-order chi connectivity index (χ1) is 19.1. The number of aryl methyl sites for hydroxylation is 2. The minimum Gasteiger partial charge on any atom is -0.456 e. The first kappa shape index (κ1) is 29.9. The van der Waals surface area contributed by atoms with Crippen LogP contribution in [-0.2, 0) is 4.74 Å². The Morgan fingerprint density at radius 3 is 2.34 bits per heavy atom. The average Bonchev–Trinajstić information content (AvgIpc) is 2.86. The van der Waals surface area contributed by atoms with Crippen molar-refractivity contribution in [3.8, 4) is 11.3 Å². The molecule has 0 aliphatic rings. The third-order valence-corrected chi connectivity index (χ3v) is 6.61. The molecule has 0 aliphatic carbocycles. The summed E-state index contributed by atoms with van der Waals surface area (Å²) < 4.78 is 12.0. The summed E-state index contributed by atoms with van der Waals surface area (Å²) >= 11 is 0. The second-order valence-electron chi connectivity index (χ2n) is 12.3. The van der Waals surface area contributed by atoms with E-state index in [4.69, 9.17) is 9.15 Å². The number of benzene rings is 3. The standard InChI is InChI=1S/C34H40N2O5/c1-20-15-25(22(3)36-28-12-10-9-11-24(28)32(38)41-33(4,5)6)31-26(16-20)29(37)18-30(40-31)23-13-14-27(21(2)17-23)35-19-34(7,8)39/h9-18,22,35-36,39H,19H2,1-8H3. The van der Waals surface area contributed by atoms with Gasteiger partial charge < -0.3 is 24.9 Å². The maximum Gasteiger partial charge on any atom is 0.340 e. The fourth-order valence-corrected chi connectivity index (χ4v) is 4.66. The third-order valence-electron chi connectivity index (χ3n) is 6.61. The largest absolute Gasteiger partial charge is 0.456 e. The van der Waals surface area contributed by atoms with E-state index in [0.29, 0.717) is 34.5 Å². The highest BCUT2D eigenvalue weighted by molar-refractivity contribution is 5.96. The molecule has 0 spiro atoms. The summed E-state index contributed by atoms with van der Waals surface area (Å²) in [7, 11) is 0. The number of nitrogens with one attached hydrogen (secondary N) is 2. The Hall–Kier alpha value is -4.10. The molecule has 4 aromatic rings. The van der Waals surface area contributed by atoms with Crippen molar-refractivity contribution in [1.29, 1.82) is 0 Å². The molecule has 7 nitrogen and oxygen atoms in total. The number of anilines is 2. The van der Waals surface area contributed by atoms with Crippen molar-refractivity contribution in [2.45, 2.75) is 72.6 Å². The normalized spacial score (nSPS) is 12.7. The van der Waals surface area contributed by atoms with E-state index >= 15 is 0 Å². The number of ether oxygens (including phenoxy) is 1. The summed E-state index contributed by atoms with van der Waals surface area (Å²) in [6.45, 7) is 15.3. The van der Waals surface area contributed by atoms with Gasteiger partial charge in [-0.25, -0.2) is 4.79 Å². The summed E-state index contributed by atoms with van der Waals surface area (Å²) in [5, 5.41) is 17.3. The zero-order valence-electron chi connectivity index (χ0n) is 25.1. The van der Waals surface area contributed by atoms with Crippen LogP contribution in [0.2, 0.25) is 0 Å². The van der Waals surface area contributed by atoms with Crippen LogP contribution in [0.4, 0.5) is 11.4 Å². The Kier molecular flexibility index (Phi) is 8.31. The van der Waals surface area contributed by atoms with Crippen LogP contribution in [0.15, 0.2) is 69.9 Å². The van der Waals surface area contributed by atoms with Crippen molar-refractivity contribution in [2.24, 2.45) is 0 Å². The number of fused-ring (bicyclic) bond motifs is 1. The van der Waals surface area contributed by atoms with Crippen LogP contribution in [0.5, 0.6) is 0 Å². The SMILES string of the molecule is Cc1cc(C(C)Nc2ccccc2C(=O)OC(C)(C)C)c2oc(-c3ccc(NCC(C)(C)O)c(C)c3)cc(=O)c2c1. The van der Waals surface area contributed by atoms with E-state index in [1.54, 1.807) is 26.0 Å². The number of rotatable bonds is 8. The molecule has 4 rings (SSSR count). The lowest BCUT2D eigenvalue weighted by atomic mass is 10.00. The molecule has 1 unspecified atom stereocenters. The van der Waals surface area contributed by atoms with E-state index in [-0.39, 0.29) is 11.5 Å². The van der Waals surface area contributed by atoms with Gasteiger partial charge in [0.1, 0.15) is 16.9 Å². The van der Waals surface area contributed by atoms with E-state index in [2.05, 4.69) is 10.6 Å². The van der Waals surface area contributed by atoms with Gasteiger partial charge in [0, 0.05) is 35.1 Å². The van der Waals surface area contributed by atoms with E-state index in [0.717, 1.165) is 27.9 Å². The summed E-state index contributed by atoms with van der Waals surface area (Å²) in [5.41, 5.74) is 4.34. The molecule has 1 atom stereocenters. The zero-order valence-corrected chi connectivity index (χ0v) is 25.1. The molecule has 0 radical (unpaired) electrons. The number of carbonyl (C=O) groups excluding carboxylic acids is 1. The molecule has 0 bridgehead atoms. The molecule has 0 saturated heterocycles. The molecule has 7 heteroatoms. The molecule has 41 heavy (non-hydrogen) atoms. The van der Waals surface area contributed by atoms with E-state index in [9.17, 15) is 14.7 Å². The lowest BCUT2D eigenvalue weighted by Gasteiger charge is -2.23. The van der Waals surface area contributed by atoms with Gasteiger partial charge in [0.15, 0.2) is 5.43 Å². The van der Waals surface area contributed by atoms with Gasteiger partial charge >= 0.3 is 5.97 Å². The van der Waals surface area contributed by atoms with Crippen LogP contribution in [0.3, 0.4) is 0 Å². The van der Waals surface area contributed by atoms with Crippen molar-refractivity contribution in [3.05, 3.63) is 93.1 Å². The van der Waals surface area contributed by atoms with Gasteiger partial charge in [-0.2, -0.15) is 0 Å².